The molecule has 32 heavy (non-hydrogen) atoms. The van der Waals surface area contributed by atoms with E-state index in [1.54, 1.807) is 0 Å². The summed E-state index contributed by atoms with van der Waals surface area (Å²) < 4.78 is 1.03. The Morgan fingerprint density at radius 1 is 1.09 bits per heavy atom. The third-order valence-corrected chi connectivity index (χ3v) is 7.68. The predicted molar refractivity (Wildman–Crippen MR) is 139 cm³/mol. The standard InChI is InChI=1S/C25H29BrN4OS/c1-4-30-13-11-25(12-14-30)28-23(19-6-8-20(26)9-7-19)24(29-25)32-16-22(31)27-21-10-5-17(2)18(3)15-21/h5-10,15H,4,11-14,16H2,1-3H3,(H,27,31). The first-order valence-electron chi connectivity index (χ1n) is 11.1. The zero-order valence-electron chi connectivity index (χ0n) is 18.8. The third kappa shape index (κ3) is 5.33. The van der Waals surface area contributed by atoms with E-state index in [0.717, 1.165) is 59.0 Å². The highest BCUT2D eigenvalue weighted by Crippen LogP contribution is 2.35. The number of rotatable bonds is 5. The minimum Gasteiger partial charge on any atom is -0.325 e. The molecule has 1 saturated heterocycles. The Kier molecular flexibility index (Phi) is 7.17. The van der Waals surface area contributed by atoms with Gasteiger partial charge in [-0.05, 0) is 55.8 Å². The fourth-order valence-electron chi connectivity index (χ4n) is 4.02. The average molecular weight is 514 g/mol. The van der Waals surface area contributed by atoms with E-state index < -0.39 is 0 Å². The van der Waals surface area contributed by atoms with Crippen LogP contribution in [0, 0.1) is 13.8 Å². The number of halogens is 1. The fourth-order valence-corrected chi connectivity index (χ4v) is 5.16. The van der Waals surface area contributed by atoms with Crippen LogP contribution in [0.3, 0.4) is 0 Å². The van der Waals surface area contributed by atoms with E-state index in [-0.39, 0.29) is 11.6 Å². The second-order valence-electron chi connectivity index (χ2n) is 8.44. The Hall–Kier alpha value is -1.96. The van der Waals surface area contributed by atoms with Gasteiger partial charge in [0.1, 0.15) is 5.04 Å². The highest BCUT2D eigenvalue weighted by Gasteiger charge is 2.39. The van der Waals surface area contributed by atoms with E-state index in [9.17, 15) is 4.79 Å². The number of amides is 1. The summed E-state index contributed by atoms with van der Waals surface area (Å²) in [5, 5.41) is 3.88. The normalized spacial score (nSPS) is 17.9. The molecule has 0 saturated carbocycles. The monoisotopic (exact) mass is 512 g/mol. The summed E-state index contributed by atoms with van der Waals surface area (Å²) in [6.07, 6.45) is 1.83. The van der Waals surface area contributed by atoms with Crippen molar-refractivity contribution in [3.63, 3.8) is 0 Å². The topological polar surface area (TPSA) is 57.1 Å². The maximum Gasteiger partial charge on any atom is 0.234 e. The number of nitrogens with zero attached hydrogens (tertiary/aromatic N) is 3. The highest BCUT2D eigenvalue weighted by atomic mass is 79.9. The van der Waals surface area contributed by atoms with Crippen molar-refractivity contribution in [2.24, 2.45) is 9.98 Å². The van der Waals surface area contributed by atoms with Gasteiger partial charge in [-0.3, -0.25) is 9.79 Å². The Balaban J connectivity index is 1.50. The van der Waals surface area contributed by atoms with E-state index in [1.807, 2.05) is 30.3 Å². The molecule has 168 valence electrons. The van der Waals surface area contributed by atoms with Crippen LogP contribution in [0.5, 0.6) is 0 Å². The number of hydrogen-bond donors (Lipinski definition) is 1. The van der Waals surface area contributed by atoms with Gasteiger partial charge in [0.05, 0.1) is 11.5 Å². The van der Waals surface area contributed by atoms with Gasteiger partial charge < -0.3 is 10.2 Å². The van der Waals surface area contributed by atoms with Crippen LogP contribution < -0.4 is 5.32 Å². The number of piperidine rings is 1. The van der Waals surface area contributed by atoms with Crippen molar-refractivity contribution in [2.75, 3.05) is 30.7 Å². The van der Waals surface area contributed by atoms with E-state index >= 15 is 0 Å². The summed E-state index contributed by atoms with van der Waals surface area (Å²) in [6, 6.07) is 14.2. The number of hydrogen-bond acceptors (Lipinski definition) is 5. The summed E-state index contributed by atoms with van der Waals surface area (Å²) in [7, 11) is 0. The number of nitrogens with one attached hydrogen (secondary N) is 1. The first-order valence-corrected chi connectivity index (χ1v) is 12.8. The number of aryl methyl sites for hydroxylation is 2. The highest BCUT2D eigenvalue weighted by molar-refractivity contribution is 9.10. The molecule has 4 rings (SSSR count). The molecule has 2 aromatic carbocycles. The molecule has 2 aliphatic rings. The molecular formula is C25H29BrN4OS. The van der Waals surface area contributed by atoms with Crippen molar-refractivity contribution in [1.29, 1.82) is 0 Å². The molecule has 0 bridgehead atoms. The van der Waals surface area contributed by atoms with Crippen molar-refractivity contribution in [3.8, 4) is 0 Å². The van der Waals surface area contributed by atoms with Gasteiger partial charge in [-0.15, -0.1) is 0 Å². The minimum absolute atomic E-state index is 0.0298. The van der Waals surface area contributed by atoms with E-state index in [2.05, 4.69) is 59.1 Å². The Morgan fingerprint density at radius 3 is 2.47 bits per heavy atom. The molecule has 0 radical (unpaired) electrons. The summed E-state index contributed by atoms with van der Waals surface area (Å²) in [5.74, 6) is 0.274. The van der Waals surface area contributed by atoms with Gasteiger partial charge in [0.2, 0.25) is 5.91 Å². The van der Waals surface area contributed by atoms with Crippen LogP contribution in [0.2, 0.25) is 0 Å². The second kappa shape index (κ2) is 9.89. The van der Waals surface area contributed by atoms with E-state index in [4.69, 9.17) is 9.98 Å². The maximum atomic E-state index is 12.7. The average Bonchev–Trinajstić information content (AvgIpc) is 3.14. The molecule has 0 atom stereocenters. The van der Waals surface area contributed by atoms with Gasteiger partial charge in [0.25, 0.3) is 0 Å². The Labute approximate surface area is 202 Å². The van der Waals surface area contributed by atoms with Crippen molar-refractivity contribution in [1.82, 2.24) is 4.90 Å². The number of benzene rings is 2. The molecule has 0 unspecified atom stereocenters. The van der Waals surface area contributed by atoms with Gasteiger partial charge in [-0.25, -0.2) is 4.99 Å². The first kappa shape index (κ1) is 23.2. The van der Waals surface area contributed by atoms with Crippen molar-refractivity contribution >= 4 is 50.0 Å². The third-order valence-electron chi connectivity index (χ3n) is 6.18. The quantitative estimate of drug-likeness (QED) is 0.579. The van der Waals surface area contributed by atoms with Crippen LogP contribution in [-0.2, 0) is 4.79 Å². The SMILES string of the molecule is CCN1CCC2(CC1)N=C(SCC(=O)Nc1ccc(C)c(C)c1)C(c1ccc(Br)cc1)=N2. The van der Waals surface area contributed by atoms with Gasteiger partial charge in [-0.1, -0.05) is 52.8 Å². The summed E-state index contributed by atoms with van der Waals surface area (Å²) in [4.78, 5) is 25.3. The number of likely N-dealkylation sites (tertiary alicyclic amines) is 1. The van der Waals surface area contributed by atoms with Crippen LogP contribution in [0.4, 0.5) is 5.69 Å². The van der Waals surface area contributed by atoms with E-state index in [0.29, 0.717) is 5.75 Å². The molecule has 1 N–H and O–H groups in total. The van der Waals surface area contributed by atoms with Crippen LogP contribution in [0.1, 0.15) is 36.5 Å². The molecule has 2 aromatic rings. The number of thioether (sulfide) groups is 1. The van der Waals surface area contributed by atoms with E-state index in [1.165, 1.54) is 22.9 Å². The molecule has 7 heteroatoms. The maximum absolute atomic E-state index is 12.7. The van der Waals surface area contributed by atoms with Gasteiger partial charge >= 0.3 is 0 Å². The molecule has 0 aliphatic carbocycles. The lowest BCUT2D eigenvalue weighted by Gasteiger charge is -2.34. The molecule has 2 heterocycles. The number of carbonyl (C=O) groups excluding carboxylic acids is 1. The molecule has 1 amide bonds. The second-order valence-corrected chi connectivity index (χ2v) is 10.3. The number of aliphatic imine (C=N–C) groups is 2. The van der Waals surface area contributed by atoms with Gasteiger partial charge in [0, 0.05) is 41.7 Å². The van der Waals surface area contributed by atoms with Gasteiger partial charge in [-0.2, -0.15) is 0 Å². The lowest BCUT2D eigenvalue weighted by molar-refractivity contribution is -0.113. The molecule has 1 spiro atoms. The smallest absolute Gasteiger partial charge is 0.234 e. The zero-order chi connectivity index (χ0) is 22.7. The van der Waals surface area contributed by atoms with Crippen LogP contribution in [0.25, 0.3) is 0 Å². The first-order chi connectivity index (χ1) is 15.4. The fraction of sp³-hybridized carbons (Fsp3) is 0.400. The minimum atomic E-state index is -0.388. The summed E-state index contributed by atoms with van der Waals surface area (Å²) in [6.45, 7) is 9.38. The Morgan fingerprint density at radius 2 is 1.81 bits per heavy atom. The lowest BCUT2D eigenvalue weighted by Crippen LogP contribution is -2.41. The number of carbonyl (C=O) groups is 1. The molecular weight excluding hydrogens is 484 g/mol. The molecule has 2 aliphatic heterocycles. The van der Waals surface area contributed by atoms with Crippen LogP contribution in [-0.4, -0.2) is 52.6 Å². The predicted octanol–water partition coefficient (Wildman–Crippen LogP) is 5.45. The largest absolute Gasteiger partial charge is 0.325 e. The van der Waals surface area contributed by atoms with Gasteiger partial charge in [0.15, 0.2) is 5.66 Å². The van der Waals surface area contributed by atoms with Crippen LogP contribution >= 0.6 is 27.7 Å². The lowest BCUT2D eigenvalue weighted by atomic mass is 9.98. The van der Waals surface area contributed by atoms with Crippen molar-refractivity contribution in [3.05, 3.63) is 63.6 Å². The van der Waals surface area contributed by atoms with Crippen LogP contribution in [0.15, 0.2) is 56.9 Å². The van der Waals surface area contributed by atoms with Crippen molar-refractivity contribution in [2.45, 2.75) is 39.3 Å². The molecule has 0 aromatic heterocycles. The summed E-state index contributed by atoms with van der Waals surface area (Å²) in [5.41, 5.74) is 4.78. The zero-order valence-corrected chi connectivity index (χ0v) is 21.2. The van der Waals surface area contributed by atoms with Crippen molar-refractivity contribution < 1.29 is 4.79 Å². The molecule has 5 nitrogen and oxygen atoms in total. The summed E-state index contributed by atoms with van der Waals surface area (Å²) >= 11 is 4.99. The molecule has 1 fully saturated rings. The Bertz CT molecular complexity index is 1060. The number of anilines is 1.